The summed E-state index contributed by atoms with van der Waals surface area (Å²) in [6, 6.07) is 3.14. The van der Waals surface area contributed by atoms with Crippen LogP contribution in [-0.4, -0.2) is 16.0 Å². The van der Waals surface area contributed by atoms with E-state index in [-0.39, 0.29) is 16.9 Å². The second kappa shape index (κ2) is 5.40. The van der Waals surface area contributed by atoms with Crippen molar-refractivity contribution in [3.05, 3.63) is 46.3 Å². The van der Waals surface area contributed by atoms with Crippen LogP contribution in [-0.2, 0) is 23.8 Å². The second-order valence-corrected chi connectivity index (χ2v) is 6.32. The van der Waals surface area contributed by atoms with Crippen molar-refractivity contribution in [1.82, 2.24) is 4.98 Å². The van der Waals surface area contributed by atoms with Gasteiger partial charge in [0.1, 0.15) is 5.75 Å². The van der Waals surface area contributed by atoms with Crippen LogP contribution in [0.2, 0.25) is 0 Å². The number of amides is 1. The van der Waals surface area contributed by atoms with E-state index < -0.39 is 17.6 Å². The summed E-state index contributed by atoms with van der Waals surface area (Å²) in [4.78, 5) is 15.3. The first-order valence-corrected chi connectivity index (χ1v) is 8.02. The molecule has 0 atom stereocenters. The van der Waals surface area contributed by atoms with Crippen LogP contribution in [0.1, 0.15) is 40.9 Å². The summed E-state index contributed by atoms with van der Waals surface area (Å²) in [7, 11) is 0. The minimum Gasteiger partial charge on any atom is -0.505 e. The number of benzene rings is 1. The first-order chi connectivity index (χ1) is 11.8. The molecule has 0 saturated carbocycles. The number of rotatable bonds is 1. The monoisotopic (exact) mass is 348 g/mol. The molecule has 0 fully saturated rings. The molecule has 1 aromatic carbocycles. The van der Waals surface area contributed by atoms with Gasteiger partial charge in [0, 0.05) is 22.5 Å². The summed E-state index contributed by atoms with van der Waals surface area (Å²) in [5.41, 5.74) is 1.94. The zero-order chi connectivity index (χ0) is 17.8. The maximum Gasteiger partial charge on any atom is 0.416 e. The van der Waals surface area contributed by atoms with Crippen LogP contribution in [0, 0.1) is 0 Å². The quantitative estimate of drug-likeness (QED) is 0.679. The minimum atomic E-state index is -4.49. The number of anilines is 1. The molecule has 0 spiro atoms. The third kappa shape index (κ3) is 2.59. The molecular weight excluding hydrogens is 333 g/mol. The van der Waals surface area contributed by atoms with E-state index in [9.17, 15) is 23.1 Å². The third-order valence-corrected chi connectivity index (χ3v) is 4.71. The molecule has 0 saturated heterocycles. The number of hydrogen-bond acceptors (Lipinski definition) is 2. The third-order valence-electron chi connectivity index (χ3n) is 4.71. The maximum absolute atomic E-state index is 13.0. The number of aromatic amines is 1. The Kier molecular flexibility index (Phi) is 3.42. The van der Waals surface area contributed by atoms with Gasteiger partial charge >= 0.3 is 6.18 Å². The average molecular weight is 348 g/mol. The van der Waals surface area contributed by atoms with Crippen molar-refractivity contribution < 1.29 is 23.1 Å². The molecular formula is C18H15F3N2O2. The maximum atomic E-state index is 13.0. The van der Waals surface area contributed by atoms with Gasteiger partial charge in [-0.3, -0.25) is 4.79 Å². The number of carbonyl (C=O) groups is 1. The van der Waals surface area contributed by atoms with Gasteiger partial charge in [-0.1, -0.05) is 0 Å². The van der Waals surface area contributed by atoms with Gasteiger partial charge in [0.15, 0.2) is 0 Å². The van der Waals surface area contributed by atoms with Crippen molar-refractivity contribution in [3.63, 3.8) is 0 Å². The van der Waals surface area contributed by atoms with Crippen molar-refractivity contribution in [2.45, 2.75) is 31.9 Å². The lowest BCUT2D eigenvalue weighted by Gasteiger charge is -2.09. The first-order valence-electron chi connectivity index (χ1n) is 8.02. The molecule has 0 radical (unpaired) electrons. The highest BCUT2D eigenvalue weighted by Crippen LogP contribution is 2.40. The van der Waals surface area contributed by atoms with E-state index in [1.165, 1.54) is 12.1 Å². The summed E-state index contributed by atoms with van der Waals surface area (Å²) in [5, 5.41) is 12.9. The van der Waals surface area contributed by atoms with Crippen LogP contribution in [0.4, 0.5) is 18.9 Å². The lowest BCUT2D eigenvalue weighted by molar-refractivity contribution is -0.137. The Hall–Kier alpha value is -2.70. The van der Waals surface area contributed by atoms with Crippen LogP contribution >= 0.6 is 0 Å². The van der Waals surface area contributed by atoms with Crippen LogP contribution in [0.3, 0.4) is 0 Å². The van der Waals surface area contributed by atoms with Gasteiger partial charge in [-0.25, -0.2) is 0 Å². The predicted octanol–water partition coefficient (Wildman–Crippen LogP) is 4.11. The molecule has 1 amide bonds. The first kappa shape index (κ1) is 15.8. The number of H-pyrrole nitrogens is 1. The summed E-state index contributed by atoms with van der Waals surface area (Å²) < 4.78 is 38.9. The van der Waals surface area contributed by atoms with Crippen LogP contribution in [0.15, 0.2) is 18.2 Å². The Balaban J connectivity index is 1.81. The number of alkyl halides is 3. The highest BCUT2D eigenvalue weighted by atomic mass is 19.4. The van der Waals surface area contributed by atoms with Crippen molar-refractivity contribution in [1.29, 1.82) is 0 Å². The fraction of sp³-hybridized carbons (Fsp3) is 0.278. The summed E-state index contributed by atoms with van der Waals surface area (Å²) in [6.45, 7) is 0. The van der Waals surface area contributed by atoms with Crippen molar-refractivity contribution >= 4 is 23.2 Å². The number of aromatic hydroxyl groups is 1. The summed E-state index contributed by atoms with van der Waals surface area (Å²) >= 11 is 0. The lowest BCUT2D eigenvalue weighted by atomic mass is 9.97. The van der Waals surface area contributed by atoms with E-state index >= 15 is 0 Å². The summed E-state index contributed by atoms with van der Waals surface area (Å²) in [5.74, 6) is -0.406. The molecule has 3 N–H and O–H groups in total. The van der Waals surface area contributed by atoms with E-state index in [0.29, 0.717) is 11.4 Å². The van der Waals surface area contributed by atoms with Crippen LogP contribution < -0.4 is 5.32 Å². The fourth-order valence-electron chi connectivity index (χ4n) is 3.45. The zero-order valence-corrected chi connectivity index (χ0v) is 13.1. The molecule has 1 aliphatic heterocycles. The topological polar surface area (TPSA) is 65.1 Å². The van der Waals surface area contributed by atoms with Gasteiger partial charge in [0.25, 0.3) is 5.91 Å². The van der Waals surface area contributed by atoms with E-state index in [2.05, 4.69) is 10.3 Å². The van der Waals surface area contributed by atoms with Crippen molar-refractivity contribution in [2.75, 3.05) is 5.32 Å². The SMILES string of the molecule is O=C1Nc2ccc(C(F)(F)F)cc2C1=Cc1[nH]c2c(c1O)CCCC2. The number of hydrogen-bond donors (Lipinski definition) is 3. The number of fused-ring (bicyclic) bond motifs is 2. The van der Waals surface area contributed by atoms with E-state index in [4.69, 9.17) is 0 Å². The number of halogens is 3. The zero-order valence-electron chi connectivity index (χ0n) is 13.1. The largest absolute Gasteiger partial charge is 0.505 e. The molecule has 2 aromatic rings. The number of aryl methyl sites for hydroxylation is 1. The number of nitrogens with one attached hydrogen (secondary N) is 2. The molecule has 2 aliphatic rings. The Labute approximate surface area is 141 Å². The van der Waals surface area contributed by atoms with Crippen molar-refractivity contribution in [2.24, 2.45) is 0 Å². The highest BCUT2D eigenvalue weighted by molar-refractivity contribution is 6.35. The minimum absolute atomic E-state index is 0.0791. The van der Waals surface area contributed by atoms with Gasteiger partial charge in [-0.05, 0) is 50.0 Å². The highest BCUT2D eigenvalue weighted by Gasteiger charge is 2.34. The van der Waals surface area contributed by atoms with Gasteiger partial charge in [0.05, 0.1) is 16.8 Å². The van der Waals surface area contributed by atoms with Gasteiger partial charge in [-0.15, -0.1) is 0 Å². The van der Waals surface area contributed by atoms with E-state index in [1.54, 1.807) is 0 Å². The molecule has 1 aromatic heterocycles. The predicted molar refractivity (Wildman–Crippen MR) is 87.0 cm³/mol. The standard InChI is InChI=1S/C18H15F3N2O2/c19-18(20,21)9-5-6-14-11(7-9)12(17(25)23-14)8-15-16(24)10-3-1-2-4-13(10)22-15/h5-8,22,24H,1-4H2,(H,23,25). The molecule has 4 nitrogen and oxygen atoms in total. The Bertz CT molecular complexity index is 910. The molecule has 2 heterocycles. The van der Waals surface area contributed by atoms with Gasteiger partial charge in [-0.2, -0.15) is 13.2 Å². The van der Waals surface area contributed by atoms with E-state index in [1.807, 2.05) is 0 Å². The molecule has 0 unspecified atom stereocenters. The van der Waals surface area contributed by atoms with E-state index in [0.717, 1.165) is 49.1 Å². The average Bonchev–Trinajstić information content (AvgIpc) is 3.05. The Morgan fingerprint density at radius 3 is 2.64 bits per heavy atom. The van der Waals surface area contributed by atoms with Crippen LogP contribution in [0.5, 0.6) is 5.75 Å². The fourth-order valence-corrected chi connectivity index (χ4v) is 3.45. The lowest BCUT2D eigenvalue weighted by Crippen LogP contribution is -2.04. The molecule has 7 heteroatoms. The number of carbonyl (C=O) groups excluding carboxylic acids is 1. The molecule has 25 heavy (non-hydrogen) atoms. The summed E-state index contributed by atoms with van der Waals surface area (Å²) in [6.07, 6.45) is 0.497. The normalized spacial score (nSPS) is 18.2. The van der Waals surface area contributed by atoms with Gasteiger partial charge < -0.3 is 15.4 Å². The molecule has 1 aliphatic carbocycles. The Morgan fingerprint density at radius 1 is 1.16 bits per heavy atom. The van der Waals surface area contributed by atoms with Crippen molar-refractivity contribution in [3.8, 4) is 5.75 Å². The molecule has 4 rings (SSSR count). The number of aromatic nitrogens is 1. The van der Waals surface area contributed by atoms with Crippen LogP contribution in [0.25, 0.3) is 11.6 Å². The Morgan fingerprint density at radius 2 is 1.92 bits per heavy atom. The molecule has 0 bridgehead atoms. The smallest absolute Gasteiger partial charge is 0.416 e. The molecule has 130 valence electrons. The second-order valence-electron chi connectivity index (χ2n) is 6.32. The van der Waals surface area contributed by atoms with Gasteiger partial charge in [0.2, 0.25) is 0 Å².